The van der Waals surface area contributed by atoms with Crippen LogP contribution in [0.5, 0.6) is 5.75 Å². The Bertz CT molecular complexity index is 1110. The van der Waals surface area contributed by atoms with Crippen LogP contribution >= 0.6 is 23.2 Å². The summed E-state index contributed by atoms with van der Waals surface area (Å²) in [4.78, 5) is 20.3. The molecule has 0 unspecified atom stereocenters. The van der Waals surface area contributed by atoms with Gasteiger partial charge < -0.3 is 16.2 Å². The molecule has 0 spiro atoms. The fourth-order valence-electron chi connectivity index (χ4n) is 2.52. The van der Waals surface area contributed by atoms with Gasteiger partial charge in [-0.1, -0.05) is 29.3 Å². The number of nitrogen functional groups attached to an aromatic ring is 1. The smallest absolute Gasteiger partial charge is 0.250 e. The second-order valence-electron chi connectivity index (χ2n) is 5.24. The summed E-state index contributed by atoms with van der Waals surface area (Å²) in [7, 11) is 1.40. The largest absolute Gasteiger partial charge is 0.495 e. The summed E-state index contributed by atoms with van der Waals surface area (Å²) in [5.41, 5.74) is 12.2. The molecule has 1 aromatic heterocycles. The summed E-state index contributed by atoms with van der Waals surface area (Å²) in [5, 5.41) is 9.91. The Morgan fingerprint density at radius 2 is 2.00 bits per heavy atom. The number of amides is 1. The zero-order valence-corrected chi connectivity index (χ0v) is 14.9. The molecule has 1 heterocycles. The van der Waals surface area contributed by atoms with Crippen molar-refractivity contribution in [1.29, 1.82) is 5.26 Å². The van der Waals surface area contributed by atoms with Gasteiger partial charge in [0.15, 0.2) is 5.82 Å². The zero-order valence-electron chi connectivity index (χ0n) is 13.4. The van der Waals surface area contributed by atoms with Crippen molar-refractivity contribution in [3.8, 4) is 23.2 Å². The van der Waals surface area contributed by atoms with Gasteiger partial charge in [0.25, 0.3) is 5.91 Å². The maximum atomic E-state index is 11.7. The minimum absolute atomic E-state index is 0.0496. The van der Waals surface area contributed by atoms with E-state index < -0.39 is 5.91 Å². The lowest BCUT2D eigenvalue weighted by Crippen LogP contribution is -2.13. The molecule has 0 fully saturated rings. The molecule has 0 aliphatic rings. The molecule has 3 rings (SSSR count). The third-order valence-electron chi connectivity index (χ3n) is 3.75. The number of methoxy groups -OCH3 is 1. The van der Waals surface area contributed by atoms with Gasteiger partial charge in [0.05, 0.1) is 39.4 Å². The number of benzene rings is 2. The van der Waals surface area contributed by atoms with Crippen molar-refractivity contribution in [3.63, 3.8) is 0 Å². The van der Waals surface area contributed by atoms with Crippen molar-refractivity contribution in [3.05, 3.63) is 45.4 Å². The summed E-state index contributed by atoms with van der Waals surface area (Å²) >= 11 is 12.7. The second kappa shape index (κ2) is 6.67. The normalized spacial score (nSPS) is 10.5. The molecule has 4 N–H and O–H groups in total. The van der Waals surface area contributed by atoms with Crippen LogP contribution in [0.3, 0.4) is 0 Å². The van der Waals surface area contributed by atoms with E-state index in [0.29, 0.717) is 5.39 Å². The molecule has 0 saturated carbocycles. The van der Waals surface area contributed by atoms with E-state index in [9.17, 15) is 10.1 Å². The number of anilines is 1. The zero-order chi connectivity index (χ0) is 19.0. The van der Waals surface area contributed by atoms with Crippen LogP contribution < -0.4 is 16.2 Å². The Hall–Kier alpha value is -3.08. The number of halogens is 2. The maximum Gasteiger partial charge on any atom is 0.250 e. The summed E-state index contributed by atoms with van der Waals surface area (Å²) in [6.07, 6.45) is 0. The van der Waals surface area contributed by atoms with Gasteiger partial charge >= 0.3 is 0 Å². The van der Waals surface area contributed by atoms with Crippen molar-refractivity contribution in [2.24, 2.45) is 5.73 Å². The molecular weight excluding hydrogens is 377 g/mol. The molecule has 2 aromatic carbocycles. The number of hydrogen-bond acceptors (Lipinski definition) is 6. The molecule has 26 heavy (non-hydrogen) atoms. The van der Waals surface area contributed by atoms with Gasteiger partial charge in [-0.25, -0.2) is 9.97 Å². The number of fused-ring (bicyclic) bond motifs is 1. The minimum Gasteiger partial charge on any atom is -0.495 e. The predicted molar refractivity (Wildman–Crippen MR) is 99.2 cm³/mol. The monoisotopic (exact) mass is 387 g/mol. The molecule has 0 aliphatic heterocycles. The van der Waals surface area contributed by atoms with E-state index in [1.807, 2.05) is 6.07 Å². The van der Waals surface area contributed by atoms with E-state index in [4.69, 9.17) is 39.4 Å². The fourth-order valence-corrected chi connectivity index (χ4v) is 3.16. The van der Waals surface area contributed by atoms with E-state index in [1.165, 1.54) is 19.2 Å². The Morgan fingerprint density at radius 1 is 1.27 bits per heavy atom. The third-order valence-corrected chi connectivity index (χ3v) is 4.52. The molecule has 9 heteroatoms. The van der Waals surface area contributed by atoms with Crippen LogP contribution in [-0.2, 0) is 0 Å². The molecule has 0 aliphatic carbocycles. The van der Waals surface area contributed by atoms with E-state index >= 15 is 0 Å². The third kappa shape index (κ3) is 2.75. The highest BCUT2D eigenvalue weighted by Crippen LogP contribution is 2.42. The van der Waals surface area contributed by atoms with Crippen molar-refractivity contribution in [2.75, 3.05) is 12.8 Å². The van der Waals surface area contributed by atoms with Crippen LogP contribution in [0.1, 0.15) is 15.9 Å². The Labute approximate surface area is 158 Å². The highest BCUT2D eigenvalue weighted by Gasteiger charge is 2.22. The van der Waals surface area contributed by atoms with Gasteiger partial charge in [-0.15, -0.1) is 0 Å². The van der Waals surface area contributed by atoms with E-state index in [1.54, 1.807) is 12.1 Å². The van der Waals surface area contributed by atoms with Crippen LogP contribution in [0, 0.1) is 11.3 Å². The summed E-state index contributed by atoms with van der Waals surface area (Å²) in [6, 6.07) is 8.18. The van der Waals surface area contributed by atoms with Gasteiger partial charge in [0, 0.05) is 11.5 Å². The number of para-hydroxylation sites is 1. The van der Waals surface area contributed by atoms with Crippen LogP contribution in [0.25, 0.3) is 22.3 Å². The Kier molecular flexibility index (Phi) is 4.55. The number of rotatable bonds is 3. The number of ether oxygens (including phenoxy) is 1. The number of nitrogens with zero attached hydrogens (tertiary/aromatic N) is 3. The summed E-state index contributed by atoms with van der Waals surface area (Å²) in [5.74, 6) is -0.274. The molecular formula is C17H11Cl2N5O2. The maximum absolute atomic E-state index is 11.7. The highest BCUT2D eigenvalue weighted by molar-refractivity contribution is 6.40. The summed E-state index contributed by atoms with van der Waals surface area (Å²) < 4.78 is 5.18. The first-order chi connectivity index (χ1) is 12.4. The Morgan fingerprint density at radius 3 is 2.62 bits per heavy atom. The number of nitriles is 1. The van der Waals surface area contributed by atoms with Crippen LogP contribution in [0.2, 0.25) is 10.0 Å². The van der Waals surface area contributed by atoms with Gasteiger partial charge in [0.1, 0.15) is 17.6 Å². The molecule has 3 aromatic rings. The second-order valence-corrected chi connectivity index (χ2v) is 6.00. The average Bonchev–Trinajstić information content (AvgIpc) is 2.61. The SMILES string of the molecule is COc1cc(C#N)c(Cl)c(-c2nc(N)c3cccc(C(N)=O)c3n2)c1Cl. The first kappa shape index (κ1) is 17.7. The molecule has 7 nitrogen and oxygen atoms in total. The number of hydrogen-bond donors (Lipinski definition) is 2. The summed E-state index contributed by atoms with van der Waals surface area (Å²) in [6.45, 7) is 0. The quantitative estimate of drug-likeness (QED) is 0.709. The number of carbonyl (C=O) groups is 1. The number of carbonyl (C=O) groups excluding carboxylic acids is 1. The predicted octanol–water partition coefficient (Wildman–Crippen LogP) is 3.16. The lowest BCUT2D eigenvalue weighted by molar-refractivity contribution is 0.100. The van der Waals surface area contributed by atoms with Crippen LogP contribution in [0.4, 0.5) is 5.82 Å². The van der Waals surface area contributed by atoms with E-state index in [2.05, 4.69) is 9.97 Å². The molecule has 1 amide bonds. The molecule has 0 atom stereocenters. The average molecular weight is 388 g/mol. The lowest BCUT2D eigenvalue weighted by atomic mass is 10.1. The highest BCUT2D eigenvalue weighted by atomic mass is 35.5. The van der Waals surface area contributed by atoms with E-state index in [-0.39, 0.29) is 49.6 Å². The standard InChI is InChI=1S/C17H11Cl2N5O2/c1-26-10-5-7(6-20)12(18)11(13(10)19)17-23-14-8(15(21)24-17)3-2-4-9(14)16(22)25/h2-5H,1H3,(H2,22,25)(H2,21,23,24). The first-order valence-corrected chi connectivity index (χ1v) is 7.97. The first-order valence-electron chi connectivity index (χ1n) is 7.21. The number of primary amides is 1. The molecule has 0 bridgehead atoms. The lowest BCUT2D eigenvalue weighted by Gasteiger charge is -2.13. The van der Waals surface area contributed by atoms with Gasteiger partial charge in [-0.3, -0.25) is 4.79 Å². The van der Waals surface area contributed by atoms with Crippen LogP contribution in [-0.4, -0.2) is 23.0 Å². The van der Waals surface area contributed by atoms with Crippen molar-refractivity contribution >= 4 is 45.8 Å². The fraction of sp³-hybridized carbons (Fsp3) is 0.0588. The Balaban J connectivity index is 2.42. The van der Waals surface area contributed by atoms with Gasteiger partial charge in [0.2, 0.25) is 0 Å². The van der Waals surface area contributed by atoms with Crippen LogP contribution in [0.15, 0.2) is 24.3 Å². The van der Waals surface area contributed by atoms with Crippen molar-refractivity contribution in [1.82, 2.24) is 9.97 Å². The topological polar surface area (TPSA) is 128 Å². The molecule has 130 valence electrons. The molecule has 0 saturated heterocycles. The van der Waals surface area contributed by atoms with E-state index in [0.717, 1.165) is 0 Å². The van der Waals surface area contributed by atoms with Crippen molar-refractivity contribution in [2.45, 2.75) is 0 Å². The van der Waals surface area contributed by atoms with Gasteiger partial charge in [-0.05, 0) is 12.1 Å². The van der Waals surface area contributed by atoms with Crippen molar-refractivity contribution < 1.29 is 9.53 Å². The number of nitrogens with two attached hydrogens (primary N) is 2. The molecule has 0 radical (unpaired) electrons. The number of aromatic nitrogens is 2. The minimum atomic E-state index is -0.666. The van der Waals surface area contributed by atoms with Gasteiger partial charge in [-0.2, -0.15) is 5.26 Å².